The van der Waals surface area contributed by atoms with Gasteiger partial charge in [0.05, 0.1) is 18.2 Å². The van der Waals surface area contributed by atoms with Gasteiger partial charge < -0.3 is 15.4 Å². The molecule has 2 amide bonds. The van der Waals surface area contributed by atoms with E-state index in [2.05, 4.69) is 10.6 Å². The molecule has 1 fully saturated rings. The van der Waals surface area contributed by atoms with Crippen molar-refractivity contribution in [2.24, 2.45) is 5.92 Å². The van der Waals surface area contributed by atoms with Crippen LogP contribution in [0.2, 0.25) is 0 Å². The van der Waals surface area contributed by atoms with Gasteiger partial charge in [0.1, 0.15) is 16.6 Å². The number of hydrogen-bond acceptors (Lipinski definition) is 4. The van der Waals surface area contributed by atoms with Gasteiger partial charge in [-0.3, -0.25) is 9.59 Å². The monoisotopic (exact) mass is 402 g/mol. The number of nitrogens with one attached hydrogen (secondary N) is 2. The third-order valence-corrected chi connectivity index (χ3v) is 6.47. The Hall–Kier alpha value is -2.41. The number of thiophene rings is 1. The number of anilines is 1. The highest BCUT2D eigenvalue weighted by molar-refractivity contribution is 7.16. The zero-order valence-corrected chi connectivity index (χ0v) is 16.7. The fourth-order valence-corrected chi connectivity index (χ4v) is 4.54. The quantitative estimate of drug-likeness (QED) is 0.791. The van der Waals surface area contributed by atoms with Gasteiger partial charge in [0.2, 0.25) is 5.91 Å². The number of amides is 2. The highest BCUT2D eigenvalue weighted by Crippen LogP contribution is 2.37. The van der Waals surface area contributed by atoms with Crippen molar-refractivity contribution in [3.63, 3.8) is 0 Å². The zero-order valence-electron chi connectivity index (χ0n) is 15.9. The lowest BCUT2D eigenvalue weighted by Gasteiger charge is -2.19. The number of carbonyl (C=O) groups is 2. The van der Waals surface area contributed by atoms with Crippen LogP contribution in [0.3, 0.4) is 0 Å². The fourth-order valence-electron chi connectivity index (χ4n) is 3.48. The third kappa shape index (κ3) is 3.76. The SMILES string of the molecule is Cc1sc(NC(=O)C2CC2)c(C(=O)N[C@@H]2CCCOc3ccc(F)cc32)c1C. The molecule has 1 aliphatic carbocycles. The lowest BCUT2D eigenvalue weighted by atomic mass is 10.0. The molecular formula is C21H23FN2O3S. The van der Waals surface area contributed by atoms with Crippen LogP contribution in [0.1, 0.15) is 58.1 Å². The molecule has 0 spiro atoms. The van der Waals surface area contributed by atoms with Gasteiger partial charge in [-0.2, -0.15) is 0 Å². The van der Waals surface area contributed by atoms with Crippen LogP contribution >= 0.6 is 11.3 Å². The molecule has 7 heteroatoms. The van der Waals surface area contributed by atoms with Crippen molar-refractivity contribution >= 4 is 28.2 Å². The molecule has 2 aromatic rings. The van der Waals surface area contributed by atoms with E-state index < -0.39 is 0 Å². The molecule has 0 bridgehead atoms. The molecule has 5 nitrogen and oxygen atoms in total. The molecule has 1 aliphatic heterocycles. The summed E-state index contributed by atoms with van der Waals surface area (Å²) in [5.74, 6) is 0.0289. The maximum atomic E-state index is 13.8. The third-order valence-electron chi connectivity index (χ3n) is 5.34. The second-order valence-corrected chi connectivity index (χ2v) is 8.67. The summed E-state index contributed by atoms with van der Waals surface area (Å²) in [7, 11) is 0. The van der Waals surface area contributed by atoms with Crippen molar-refractivity contribution in [1.82, 2.24) is 5.32 Å². The van der Waals surface area contributed by atoms with Crippen molar-refractivity contribution in [1.29, 1.82) is 0 Å². The molecule has 1 aromatic heterocycles. The van der Waals surface area contributed by atoms with Crippen LogP contribution < -0.4 is 15.4 Å². The molecule has 0 unspecified atom stereocenters. The van der Waals surface area contributed by atoms with E-state index in [1.165, 1.54) is 23.5 Å². The van der Waals surface area contributed by atoms with E-state index in [1.54, 1.807) is 6.07 Å². The van der Waals surface area contributed by atoms with Gasteiger partial charge in [-0.25, -0.2) is 4.39 Å². The zero-order chi connectivity index (χ0) is 19.8. The first kappa shape index (κ1) is 18.9. The summed E-state index contributed by atoms with van der Waals surface area (Å²) in [6.45, 7) is 4.36. The lowest BCUT2D eigenvalue weighted by molar-refractivity contribution is -0.117. The number of ether oxygens (including phenoxy) is 1. The van der Waals surface area contributed by atoms with E-state index in [-0.39, 0.29) is 29.6 Å². The van der Waals surface area contributed by atoms with E-state index in [0.717, 1.165) is 29.7 Å². The maximum absolute atomic E-state index is 13.8. The second-order valence-electron chi connectivity index (χ2n) is 7.45. The van der Waals surface area contributed by atoms with Crippen LogP contribution in [-0.2, 0) is 4.79 Å². The summed E-state index contributed by atoms with van der Waals surface area (Å²) in [5.41, 5.74) is 2.01. The Morgan fingerprint density at radius 1 is 1.21 bits per heavy atom. The number of hydrogen-bond donors (Lipinski definition) is 2. The van der Waals surface area contributed by atoms with Crippen LogP contribution in [0.25, 0.3) is 0 Å². The van der Waals surface area contributed by atoms with Crippen LogP contribution in [0, 0.1) is 25.6 Å². The number of rotatable bonds is 4. The summed E-state index contributed by atoms with van der Waals surface area (Å²) < 4.78 is 19.5. The first-order valence-electron chi connectivity index (χ1n) is 9.58. The minimum Gasteiger partial charge on any atom is -0.493 e. The maximum Gasteiger partial charge on any atom is 0.255 e. The molecule has 148 valence electrons. The molecule has 2 N–H and O–H groups in total. The predicted octanol–water partition coefficient (Wildman–Crippen LogP) is 4.50. The average molecular weight is 402 g/mol. The molecule has 1 saturated carbocycles. The van der Waals surface area contributed by atoms with Crippen LogP contribution in [0.4, 0.5) is 9.39 Å². The Kier molecular flexibility index (Phi) is 5.10. The van der Waals surface area contributed by atoms with Crippen LogP contribution in [0.15, 0.2) is 18.2 Å². The summed E-state index contributed by atoms with van der Waals surface area (Å²) in [6, 6.07) is 4.05. The summed E-state index contributed by atoms with van der Waals surface area (Å²) in [5, 5.41) is 6.56. The van der Waals surface area contributed by atoms with E-state index >= 15 is 0 Å². The summed E-state index contributed by atoms with van der Waals surface area (Å²) >= 11 is 1.42. The highest BCUT2D eigenvalue weighted by atomic mass is 32.1. The Morgan fingerprint density at radius 2 is 2.00 bits per heavy atom. The topological polar surface area (TPSA) is 67.4 Å². The van der Waals surface area contributed by atoms with E-state index in [4.69, 9.17) is 4.74 Å². The molecule has 0 saturated heterocycles. The van der Waals surface area contributed by atoms with E-state index in [9.17, 15) is 14.0 Å². The Bertz CT molecular complexity index is 936. The molecule has 28 heavy (non-hydrogen) atoms. The summed E-state index contributed by atoms with van der Waals surface area (Å²) in [6.07, 6.45) is 3.23. The Balaban J connectivity index is 1.60. The minimum absolute atomic E-state index is 0.0226. The number of benzene rings is 1. The van der Waals surface area contributed by atoms with Gasteiger partial charge in [-0.1, -0.05) is 0 Å². The number of fused-ring (bicyclic) bond motifs is 1. The van der Waals surface area contributed by atoms with Gasteiger partial charge in [-0.15, -0.1) is 11.3 Å². The molecule has 1 aromatic carbocycles. The van der Waals surface area contributed by atoms with Gasteiger partial charge >= 0.3 is 0 Å². The van der Waals surface area contributed by atoms with Crippen LogP contribution in [-0.4, -0.2) is 18.4 Å². The van der Waals surface area contributed by atoms with Crippen molar-refractivity contribution in [2.75, 3.05) is 11.9 Å². The van der Waals surface area contributed by atoms with Gasteiger partial charge in [-0.05, 0) is 63.3 Å². The van der Waals surface area contributed by atoms with Crippen LogP contribution in [0.5, 0.6) is 5.75 Å². The standard InChI is InChI=1S/C21H23FN2O3S/c1-11-12(2)28-21(24-19(25)13-5-6-13)18(11)20(26)23-16-4-3-9-27-17-8-7-14(22)10-15(16)17/h7-8,10,13,16H,3-6,9H2,1-2H3,(H,23,26)(H,24,25)/t16-/m1/s1. The van der Waals surface area contributed by atoms with E-state index in [0.29, 0.717) is 34.9 Å². The lowest BCUT2D eigenvalue weighted by Crippen LogP contribution is -2.29. The molecule has 0 radical (unpaired) electrons. The first-order chi connectivity index (χ1) is 13.4. The van der Waals surface area contributed by atoms with Crippen molar-refractivity contribution in [3.8, 4) is 5.75 Å². The summed E-state index contributed by atoms with van der Waals surface area (Å²) in [4.78, 5) is 26.4. The highest BCUT2D eigenvalue weighted by Gasteiger charge is 2.32. The second kappa shape index (κ2) is 7.54. The Labute approximate surface area is 167 Å². The number of carbonyl (C=O) groups excluding carboxylic acids is 2. The Morgan fingerprint density at radius 3 is 2.75 bits per heavy atom. The van der Waals surface area contributed by atoms with Gasteiger partial charge in [0.25, 0.3) is 5.91 Å². The smallest absolute Gasteiger partial charge is 0.255 e. The molecular weight excluding hydrogens is 379 g/mol. The van der Waals surface area contributed by atoms with Crippen molar-refractivity contribution < 1.29 is 18.7 Å². The van der Waals surface area contributed by atoms with Gasteiger partial charge in [0.15, 0.2) is 0 Å². The predicted molar refractivity (Wildman–Crippen MR) is 106 cm³/mol. The largest absolute Gasteiger partial charge is 0.493 e. The van der Waals surface area contributed by atoms with E-state index in [1.807, 2.05) is 13.8 Å². The number of aryl methyl sites for hydroxylation is 1. The van der Waals surface area contributed by atoms with Crippen molar-refractivity contribution in [3.05, 3.63) is 45.6 Å². The average Bonchev–Trinajstić information content (AvgIpc) is 3.47. The molecule has 4 rings (SSSR count). The fraction of sp³-hybridized carbons (Fsp3) is 0.429. The molecule has 1 atom stereocenters. The van der Waals surface area contributed by atoms with Crippen molar-refractivity contribution in [2.45, 2.75) is 45.6 Å². The molecule has 2 aliphatic rings. The molecule has 2 heterocycles. The minimum atomic E-state index is -0.358. The first-order valence-corrected chi connectivity index (χ1v) is 10.4. The van der Waals surface area contributed by atoms with Gasteiger partial charge in [0, 0.05) is 16.4 Å². The number of halogens is 1. The normalized spacial score (nSPS) is 18.6.